The minimum absolute atomic E-state index is 0.0119. The summed E-state index contributed by atoms with van der Waals surface area (Å²) in [5.74, 6) is -0.480. The lowest BCUT2D eigenvalue weighted by molar-refractivity contribution is 0.0916. The molecule has 1 aliphatic rings. The van der Waals surface area contributed by atoms with Crippen molar-refractivity contribution in [3.8, 4) is 6.07 Å². The summed E-state index contributed by atoms with van der Waals surface area (Å²) in [7, 11) is -2.32. The Hall–Kier alpha value is -2.64. The molecule has 0 atom stereocenters. The highest BCUT2D eigenvalue weighted by Gasteiger charge is 2.36. The van der Waals surface area contributed by atoms with Gasteiger partial charge in [-0.1, -0.05) is 0 Å². The molecule has 26 heavy (non-hydrogen) atoms. The summed E-state index contributed by atoms with van der Waals surface area (Å²) < 4.78 is 26.5. The highest BCUT2D eigenvalue weighted by molar-refractivity contribution is 7.89. The van der Waals surface area contributed by atoms with Gasteiger partial charge in [-0.3, -0.25) is 9.89 Å². The monoisotopic (exact) mass is 376 g/mol. The Kier molecular flexibility index (Phi) is 4.84. The fraction of sp³-hybridized carbons (Fsp3) is 0.438. The van der Waals surface area contributed by atoms with E-state index >= 15 is 0 Å². The number of carbonyl (C=O) groups is 1. The molecule has 2 heterocycles. The first-order valence-electron chi connectivity index (χ1n) is 8.23. The van der Waals surface area contributed by atoms with Crippen LogP contribution in [0.4, 0.5) is 0 Å². The van der Waals surface area contributed by atoms with Crippen molar-refractivity contribution in [1.82, 2.24) is 24.8 Å². The second-order valence-corrected chi connectivity index (χ2v) is 8.49. The highest BCUT2D eigenvalue weighted by Crippen LogP contribution is 2.29. The van der Waals surface area contributed by atoms with Crippen molar-refractivity contribution in [2.24, 2.45) is 0 Å². The molecule has 2 aromatic heterocycles. The Morgan fingerprint density at radius 2 is 2.19 bits per heavy atom. The summed E-state index contributed by atoms with van der Waals surface area (Å²) in [6, 6.07) is 5.15. The predicted molar refractivity (Wildman–Crippen MR) is 92.3 cm³/mol. The molecule has 0 aliphatic heterocycles. The fourth-order valence-corrected chi connectivity index (χ4v) is 4.20. The van der Waals surface area contributed by atoms with E-state index in [1.54, 1.807) is 12.3 Å². The first kappa shape index (κ1) is 18.2. The molecule has 0 bridgehead atoms. The van der Waals surface area contributed by atoms with Crippen molar-refractivity contribution >= 4 is 15.9 Å². The third-order valence-electron chi connectivity index (χ3n) is 4.58. The van der Waals surface area contributed by atoms with Crippen LogP contribution in [0.2, 0.25) is 0 Å². The lowest BCUT2D eigenvalue weighted by atomic mass is 10.00. The van der Waals surface area contributed by atoms with Crippen molar-refractivity contribution < 1.29 is 13.2 Å². The number of H-pyrrole nitrogens is 2. The number of nitrogens with zero attached hydrogens (tertiary/aromatic N) is 3. The summed E-state index contributed by atoms with van der Waals surface area (Å²) in [6.45, 7) is 0.132. The van der Waals surface area contributed by atoms with Crippen LogP contribution in [-0.2, 0) is 16.6 Å². The van der Waals surface area contributed by atoms with Gasteiger partial charge in [-0.2, -0.15) is 14.7 Å². The molecule has 1 saturated carbocycles. The van der Waals surface area contributed by atoms with Crippen LogP contribution in [0.5, 0.6) is 0 Å². The van der Waals surface area contributed by atoms with Crippen LogP contribution >= 0.6 is 0 Å². The van der Waals surface area contributed by atoms with Gasteiger partial charge in [0, 0.05) is 19.4 Å². The van der Waals surface area contributed by atoms with Crippen molar-refractivity contribution in [3.63, 3.8) is 0 Å². The van der Waals surface area contributed by atoms with Gasteiger partial charge in [0.1, 0.15) is 16.1 Å². The molecule has 1 aliphatic carbocycles. The smallest absolute Gasteiger partial charge is 0.268 e. The molecular formula is C16H20N6O3S. The van der Waals surface area contributed by atoms with E-state index in [1.807, 2.05) is 0 Å². The van der Waals surface area contributed by atoms with E-state index in [4.69, 9.17) is 0 Å². The number of hydrogen-bond donors (Lipinski definition) is 3. The van der Waals surface area contributed by atoms with Gasteiger partial charge in [0.15, 0.2) is 0 Å². The topological polar surface area (TPSA) is 135 Å². The molecule has 0 unspecified atom stereocenters. The van der Waals surface area contributed by atoms with Gasteiger partial charge in [-0.05, 0) is 37.8 Å². The first-order chi connectivity index (χ1) is 12.4. The second-order valence-electron chi connectivity index (χ2n) is 6.45. The van der Waals surface area contributed by atoms with Crippen LogP contribution in [0.25, 0.3) is 0 Å². The maximum Gasteiger partial charge on any atom is 0.268 e. The summed E-state index contributed by atoms with van der Waals surface area (Å²) in [5, 5.41) is 18.6. The molecule has 0 saturated heterocycles. The number of amides is 1. The molecule has 1 fully saturated rings. The number of nitrogens with one attached hydrogen (secondary N) is 3. The molecule has 0 spiro atoms. The Morgan fingerprint density at radius 1 is 1.46 bits per heavy atom. The molecule has 1 amide bonds. The van der Waals surface area contributed by atoms with Crippen molar-refractivity contribution in [2.45, 2.75) is 42.7 Å². The number of hydrogen-bond acceptors (Lipinski definition) is 5. The van der Waals surface area contributed by atoms with Crippen LogP contribution in [0.3, 0.4) is 0 Å². The standard InChI is InChI=1S/C16H20N6O3S/c1-22(10-12-4-7-19-21-12)26(24,25)13-8-14(18-9-13)15(23)20-16(11-17)5-2-3-6-16/h4,7-9,18H,2-3,5-6,10H2,1H3,(H,19,21)(H,20,23). The third-order valence-corrected chi connectivity index (χ3v) is 6.37. The lowest BCUT2D eigenvalue weighted by Gasteiger charge is -2.21. The van der Waals surface area contributed by atoms with Crippen LogP contribution in [0.1, 0.15) is 41.9 Å². The van der Waals surface area contributed by atoms with Gasteiger partial charge in [0.25, 0.3) is 5.91 Å². The zero-order valence-electron chi connectivity index (χ0n) is 14.3. The maximum atomic E-state index is 12.6. The van der Waals surface area contributed by atoms with Crippen LogP contribution < -0.4 is 5.32 Å². The Labute approximate surface area is 151 Å². The van der Waals surface area contributed by atoms with E-state index in [0.717, 1.165) is 12.8 Å². The zero-order chi connectivity index (χ0) is 18.8. The maximum absolute atomic E-state index is 12.6. The van der Waals surface area contributed by atoms with E-state index in [-0.39, 0.29) is 17.1 Å². The number of aromatic nitrogens is 3. The summed E-state index contributed by atoms with van der Waals surface area (Å²) in [5.41, 5.74) is -0.0969. The van der Waals surface area contributed by atoms with Crippen LogP contribution in [0, 0.1) is 11.3 Å². The van der Waals surface area contributed by atoms with E-state index in [0.29, 0.717) is 18.5 Å². The Bertz CT molecular complexity index is 920. The van der Waals surface area contributed by atoms with E-state index in [2.05, 4.69) is 26.6 Å². The average Bonchev–Trinajstić information content (AvgIpc) is 3.36. The second kappa shape index (κ2) is 6.93. The van der Waals surface area contributed by atoms with Gasteiger partial charge in [0.05, 0.1) is 18.3 Å². The van der Waals surface area contributed by atoms with E-state index < -0.39 is 21.5 Å². The summed E-state index contributed by atoms with van der Waals surface area (Å²) in [4.78, 5) is 15.1. The summed E-state index contributed by atoms with van der Waals surface area (Å²) in [6.07, 6.45) is 5.80. The quantitative estimate of drug-likeness (QED) is 0.694. The molecule has 3 N–H and O–H groups in total. The normalized spacial score (nSPS) is 16.5. The number of nitriles is 1. The van der Waals surface area contributed by atoms with Crippen LogP contribution in [0.15, 0.2) is 29.4 Å². The molecule has 2 aromatic rings. The fourth-order valence-electron chi connectivity index (χ4n) is 3.06. The van der Waals surface area contributed by atoms with Gasteiger partial charge >= 0.3 is 0 Å². The molecule has 138 valence electrons. The van der Waals surface area contributed by atoms with Gasteiger partial charge in [0.2, 0.25) is 10.0 Å². The minimum Gasteiger partial charge on any atom is -0.356 e. The Balaban J connectivity index is 1.74. The van der Waals surface area contributed by atoms with Crippen molar-refractivity contribution in [1.29, 1.82) is 5.26 Å². The highest BCUT2D eigenvalue weighted by atomic mass is 32.2. The largest absolute Gasteiger partial charge is 0.356 e. The van der Waals surface area contributed by atoms with Gasteiger partial charge in [-0.15, -0.1) is 0 Å². The zero-order valence-corrected chi connectivity index (χ0v) is 15.1. The molecule has 10 heteroatoms. The first-order valence-corrected chi connectivity index (χ1v) is 9.67. The summed E-state index contributed by atoms with van der Waals surface area (Å²) >= 11 is 0. The molecule has 3 rings (SSSR count). The van der Waals surface area contributed by atoms with Crippen LogP contribution in [-0.4, -0.2) is 46.4 Å². The Morgan fingerprint density at radius 3 is 2.81 bits per heavy atom. The molecule has 0 radical (unpaired) electrons. The minimum atomic E-state index is -3.77. The van der Waals surface area contributed by atoms with E-state index in [1.165, 1.54) is 23.6 Å². The number of sulfonamides is 1. The predicted octanol–water partition coefficient (Wildman–Crippen LogP) is 1.12. The SMILES string of the molecule is CN(Cc1ccn[nH]1)S(=O)(=O)c1c[nH]c(C(=O)NC2(C#N)CCCC2)c1. The lowest BCUT2D eigenvalue weighted by Crippen LogP contribution is -2.45. The molecule has 9 nitrogen and oxygen atoms in total. The number of rotatable bonds is 6. The number of carbonyl (C=O) groups excluding carboxylic acids is 1. The molecule has 0 aromatic carbocycles. The van der Waals surface area contributed by atoms with Crippen molar-refractivity contribution in [2.75, 3.05) is 7.05 Å². The average molecular weight is 376 g/mol. The van der Waals surface area contributed by atoms with E-state index in [9.17, 15) is 18.5 Å². The van der Waals surface area contributed by atoms with Gasteiger partial charge < -0.3 is 10.3 Å². The number of aromatic amines is 2. The molecular weight excluding hydrogens is 356 g/mol. The van der Waals surface area contributed by atoms with Gasteiger partial charge in [-0.25, -0.2) is 8.42 Å². The van der Waals surface area contributed by atoms with Crippen molar-refractivity contribution in [3.05, 3.63) is 35.9 Å². The third kappa shape index (κ3) is 3.49.